The topological polar surface area (TPSA) is 51.2 Å². The van der Waals surface area contributed by atoms with Crippen LogP contribution < -0.4 is 0 Å². The molecule has 0 aromatic carbocycles. The lowest BCUT2D eigenvalue weighted by Crippen LogP contribution is -2.14. The van der Waals surface area contributed by atoms with Crippen LogP contribution in [0.25, 0.3) is 0 Å². The fraction of sp³-hybridized carbons (Fsp3) is 0.444. The Morgan fingerprint density at radius 3 is 2.38 bits per heavy atom. The molecule has 0 aliphatic carbocycles. The maximum absolute atomic E-state index is 12.0. The molecule has 0 aliphatic heterocycles. The highest BCUT2D eigenvalue weighted by atomic mass is 35.5. The minimum Gasteiger partial charge on any atom is -0.284 e. The summed E-state index contributed by atoms with van der Waals surface area (Å²) in [5.41, 5.74) is 0. The highest BCUT2D eigenvalue weighted by Gasteiger charge is 2.29. The highest BCUT2D eigenvalue weighted by Crippen LogP contribution is 2.41. The molecule has 7 heteroatoms. The third-order valence-corrected chi connectivity index (χ3v) is 7.25. The third-order valence-electron chi connectivity index (χ3n) is 1.96. The molecule has 0 saturated carbocycles. The van der Waals surface area contributed by atoms with E-state index in [1.54, 1.807) is 26.4 Å². The SMILES string of the molecule is CSc1sc([C]=O)c(Cl)c1S(=O)(=O)C(C)C. The van der Waals surface area contributed by atoms with Crippen molar-refractivity contribution in [3.8, 4) is 0 Å². The van der Waals surface area contributed by atoms with Crippen molar-refractivity contribution in [1.29, 1.82) is 0 Å². The standard InChI is InChI=1S/C9H10ClO3S3/c1-5(2)16(12,13)8-7(10)6(4-11)15-9(8)14-3/h5H,1-3H3. The molecule has 0 fully saturated rings. The Morgan fingerprint density at radius 1 is 1.44 bits per heavy atom. The summed E-state index contributed by atoms with van der Waals surface area (Å²) in [5.74, 6) is 0. The Morgan fingerprint density at radius 2 is 2.00 bits per heavy atom. The van der Waals surface area contributed by atoms with Gasteiger partial charge in [0.15, 0.2) is 9.84 Å². The van der Waals surface area contributed by atoms with Gasteiger partial charge >= 0.3 is 0 Å². The lowest BCUT2D eigenvalue weighted by atomic mass is 10.5. The number of hydrogen-bond acceptors (Lipinski definition) is 5. The molecule has 0 N–H and O–H groups in total. The van der Waals surface area contributed by atoms with Gasteiger partial charge in [-0.2, -0.15) is 0 Å². The molecule has 1 rings (SSSR count). The second-order valence-electron chi connectivity index (χ2n) is 3.26. The maximum Gasteiger partial charge on any atom is 0.245 e. The maximum atomic E-state index is 12.0. The van der Waals surface area contributed by atoms with Crippen molar-refractivity contribution < 1.29 is 13.2 Å². The molecule has 0 unspecified atom stereocenters. The first-order valence-electron chi connectivity index (χ1n) is 4.34. The van der Waals surface area contributed by atoms with Crippen LogP contribution in [0.2, 0.25) is 5.02 Å². The van der Waals surface area contributed by atoms with Crippen LogP contribution in [0.15, 0.2) is 9.10 Å². The van der Waals surface area contributed by atoms with Crippen molar-refractivity contribution in [3.05, 3.63) is 9.90 Å². The number of halogens is 1. The van der Waals surface area contributed by atoms with Gasteiger partial charge in [-0.3, -0.25) is 4.79 Å². The molecule has 89 valence electrons. The zero-order valence-electron chi connectivity index (χ0n) is 8.90. The molecule has 1 heterocycles. The van der Waals surface area contributed by atoms with Gasteiger partial charge in [0.1, 0.15) is 4.90 Å². The number of sulfone groups is 1. The van der Waals surface area contributed by atoms with Crippen LogP contribution in [0.1, 0.15) is 18.7 Å². The van der Waals surface area contributed by atoms with E-state index in [9.17, 15) is 13.2 Å². The van der Waals surface area contributed by atoms with Crippen LogP contribution >= 0.6 is 34.7 Å². The fourth-order valence-corrected chi connectivity index (χ4v) is 5.41. The van der Waals surface area contributed by atoms with E-state index in [-0.39, 0.29) is 14.8 Å². The van der Waals surface area contributed by atoms with Crippen LogP contribution in [0, 0.1) is 0 Å². The third kappa shape index (κ3) is 2.30. The molecule has 3 nitrogen and oxygen atoms in total. The minimum atomic E-state index is -3.46. The van der Waals surface area contributed by atoms with Gasteiger partial charge in [0, 0.05) is 0 Å². The highest BCUT2D eigenvalue weighted by molar-refractivity contribution is 8.01. The van der Waals surface area contributed by atoms with Crippen molar-refractivity contribution in [2.75, 3.05) is 6.26 Å². The van der Waals surface area contributed by atoms with Crippen molar-refractivity contribution in [3.63, 3.8) is 0 Å². The fourth-order valence-electron chi connectivity index (χ4n) is 1.05. The Hall–Kier alpha value is -0.0400. The van der Waals surface area contributed by atoms with Gasteiger partial charge in [-0.05, 0) is 20.1 Å². The van der Waals surface area contributed by atoms with E-state index < -0.39 is 15.1 Å². The van der Waals surface area contributed by atoms with Gasteiger partial charge in [0.25, 0.3) is 0 Å². The average Bonchev–Trinajstić information content (AvgIpc) is 2.54. The quantitative estimate of drug-likeness (QED) is 0.802. The molecule has 16 heavy (non-hydrogen) atoms. The van der Waals surface area contributed by atoms with E-state index in [4.69, 9.17) is 11.6 Å². The van der Waals surface area contributed by atoms with E-state index in [1.807, 2.05) is 0 Å². The monoisotopic (exact) mass is 297 g/mol. The zero-order valence-corrected chi connectivity index (χ0v) is 12.1. The van der Waals surface area contributed by atoms with Crippen LogP contribution in [0.5, 0.6) is 0 Å². The van der Waals surface area contributed by atoms with Gasteiger partial charge < -0.3 is 0 Å². The van der Waals surface area contributed by atoms with Gasteiger partial charge in [-0.25, -0.2) is 8.42 Å². The Bertz CT molecular complexity index is 502. The van der Waals surface area contributed by atoms with Gasteiger partial charge in [-0.15, -0.1) is 23.1 Å². The first kappa shape index (κ1) is 14.0. The van der Waals surface area contributed by atoms with E-state index >= 15 is 0 Å². The molecule has 1 aromatic rings. The minimum absolute atomic E-state index is 0.00181. The average molecular weight is 298 g/mol. The Kier molecular flexibility index (Phi) is 4.45. The summed E-state index contributed by atoms with van der Waals surface area (Å²) in [6.45, 7) is 3.16. The summed E-state index contributed by atoms with van der Waals surface area (Å²) in [7, 11) is -3.46. The summed E-state index contributed by atoms with van der Waals surface area (Å²) >= 11 is 8.22. The molecule has 1 aromatic heterocycles. The molecule has 0 atom stereocenters. The van der Waals surface area contributed by atoms with Crippen molar-refractivity contribution in [2.24, 2.45) is 0 Å². The van der Waals surface area contributed by atoms with Crippen LogP contribution in [0.3, 0.4) is 0 Å². The first-order valence-corrected chi connectivity index (χ1v) is 8.31. The number of carbonyl (C=O) groups excluding carboxylic acids is 1. The molecule has 0 amide bonds. The Labute approximate surface area is 108 Å². The number of thiophene rings is 1. The molecule has 0 aliphatic rings. The molecule has 0 spiro atoms. The van der Waals surface area contributed by atoms with Crippen LogP contribution in [-0.4, -0.2) is 26.2 Å². The van der Waals surface area contributed by atoms with Crippen molar-refractivity contribution >= 4 is 50.8 Å². The lowest BCUT2D eigenvalue weighted by Gasteiger charge is -2.08. The lowest BCUT2D eigenvalue weighted by molar-refractivity contribution is 0.563. The van der Waals surface area contributed by atoms with E-state index in [0.29, 0.717) is 4.21 Å². The second kappa shape index (κ2) is 5.08. The van der Waals surface area contributed by atoms with Gasteiger partial charge in [0.2, 0.25) is 6.29 Å². The molecule has 1 radical (unpaired) electrons. The number of thioether (sulfide) groups is 1. The smallest absolute Gasteiger partial charge is 0.245 e. The number of rotatable bonds is 4. The second-order valence-corrected chi connectivity index (χ2v) is 8.18. The molecule has 0 saturated heterocycles. The predicted octanol–water partition coefficient (Wildman–Crippen LogP) is 2.76. The predicted molar refractivity (Wildman–Crippen MR) is 68.2 cm³/mol. The van der Waals surface area contributed by atoms with Gasteiger partial charge in [-0.1, -0.05) is 11.6 Å². The van der Waals surface area contributed by atoms with Crippen LogP contribution in [-0.2, 0) is 14.6 Å². The normalized spacial score (nSPS) is 12.1. The summed E-state index contributed by atoms with van der Waals surface area (Å²) in [6.07, 6.45) is 3.41. The van der Waals surface area contributed by atoms with E-state index in [0.717, 1.165) is 11.3 Å². The molecular weight excluding hydrogens is 288 g/mol. The zero-order chi connectivity index (χ0) is 12.5. The van der Waals surface area contributed by atoms with E-state index in [1.165, 1.54) is 11.8 Å². The van der Waals surface area contributed by atoms with Gasteiger partial charge in [0.05, 0.1) is 19.4 Å². The summed E-state index contributed by atoms with van der Waals surface area (Å²) in [4.78, 5) is 10.8. The first-order chi connectivity index (χ1) is 7.36. The van der Waals surface area contributed by atoms with Crippen molar-refractivity contribution in [2.45, 2.75) is 28.2 Å². The largest absolute Gasteiger partial charge is 0.284 e. The number of hydrogen-bond donors (Lipinski definition) is 0. The van der Waals surface area contributed by atoms with Crippen LogP contribution in [0.4, 0.5) is 0 Å². The Balaban J connectivity index is 3.55. The summed E-state index contributed by atoms with van der Waals surface area (Å²) < 4.78 is 24.6. The molecule has 0 bridgehead atoms. The van der Waals surface area contributed by atoms with Crippen molar-refractivity contribution in [1.82, 2.24) is 0 Å². The summed E-state index contributed by atoms with van der Waals surface area (Å²) in [6, 6.07) is 0. The van der Waals surface area contributed by atoms with E-state index in [2.05, 4.69) is 0 Å². The molecular formula is C9H10ClO3S3. The summed E-state index contributed by atoms with van der Waals surface area (Å²) in [5, 5.41) is -0.567.